The molecule has 2 bridgehead atoms. The second kappa shape index (κ2) is 1.46. The molecule has 74 valence electrons. The lowest BCUT2D eigenvalue weighted by Gasteiger charge is -2.90. The van der Waals surface area contributed by atoms with E-state index in [1.165, 1.54) is 0 Å². The molecule has 6 aliphatic rings. The van der Waals surface area contributed by atoms with Gasteiger partial charge in [-0.15, -0.1) is 0 Å². The smallest absolute Gasteiger partial charge is 0.302 e. The van der Waals surface area contributed by atoms with Crippen molar-refractivity contribution in [1.82, 2.24) is 0 Å². The molecule has 6 fully saturated rings. The molecule has 0 aromatic heterocycles. The summed E-state index contributed by atoms with van der Waals surface area (Å²) in [5.41, 5.74) is 0.728. The maximum absolute atomic E-state index is 11.0. The Kier molecular flexibility index (Phi) is 0.718. The predicted molar refractivity (Wildman–Crippen MR) is 48.1 cm³/mol. The van der Waals surface area contributed by atoms with Crippen LogP contribution in [-0.2, 0) is 9.53 Å². The summed E-state index contributed by atoms with van der Waals surface area (Å²) < 4.78 is 5.52. The van der Waals surface area contributed by atoms with Crippen LogP contribution < -0.4 is 0 Å². The molecule has 14 heavy (non-hydrogen) atoms. The van der Waals surface area contributed by atoms with Gasteiger partial charge in [0.1, 0.15) is 6.10 Å². The third-order valence-electron chi connectivity index (χ3n) is 6.59. The highest BCUT2D eigenvalue weighted by Crippen LogP contribution is 2.99. The minimum Gasteiger partial charge on any atom is -0.462 e. The summed E-state index contributed by atoms with van der Waals surface area (Å²) in [4.78, 5) is 11.0. The Morgan fingerprint density at radius 2 is 1.64 bits per heavy atom. The fraction of sp³-hybridized carbons (Fsp3) is 0.917. The van der Waals surface area contributed by atoms with E-state index in [4.69, 9.17) is 4.74 Å². The van der Waals surface area contributed by atoms with Gasteiger partial charge in [0.15, 0.2) is 0 Å². The summed E-state index contributed by atoms with van der Waals surface area (Å²) >= 11 is 0. The molecular formula is C12H14O2. The number of hydrogen-bond acceptors (Lipinski definition) is 2. The van der Waals surface area contributed by atoms with Gasteiger partial charge in [0, 0.05) is 18.8 Å². The number of rotatable bonds is 1. The van der Waals surface area contributed by atoms with E-state index in [2.05, 4.69) is 6.92 Å². The fourth-order valence-corrected chi connectivity index (χ4v) is 6.76. The van der Waals surface area contributed by atoms with Crippen molar-refractivity contribution < 1.29 is 9.53 Å². The van der Waals surface area contributed by atoms with Crippen molar-refractivity contribution in [2.45, 2.75) is 20.0 Å². The van der Waals surface area contributed by atoms with Gasteiger partial charge in [0.2, 0.25) is 0 Å². The summed E-state index contributed by atoms with van der Waals surface area (Å²) in [6.07, 6.45) is 0.337. The highest BCUT2D eigenvalue weighted by molar-refractivity contribution is 5.66. The molecule has 6 rings (SSSR count). The number of ether oxygens (including phenoxy) is 1. The van der Waals surface area contributed by atoms with Crippen molar-refractivity contribution in [2.75, 3.05) is 0 Å². The predicted octanol–water partition coefficient (Wildman–Crippen LogP) is 1.31. The molecule has 0 heterocycles. The Bertz CT molecular complexity index is 368. The molecule has 0 aliphatic heterocycles. The van der Waals surface area contributed by atoms with Crippen LogP contribution in [0.5, 0.6) is 0 Å². The van der Waals surface area contributed by atoms with Gasteiger partial charge in [0.05, 0.1) is 0 Å². The van der Waals surface area contributed by atoms with E-state index < -0.39 is 0 Å². The Morgan fingerprint density at radius 3 is 2.14 bits per heavy atom. The SMILES string of the molecule is CC(=O)O[C@@H]1C2[C@H]3C4[C@H]2[C@@H]2C1[C@H]3C42C. The number of hydrogen-bond donors (Lipinski definition) is 0. The maximum Gasteiger partial charge on any atom is 0.302 e. The average Bonchev–Trinajstić information content (AvgIpc) is 2.30. The van der Waals surface area contributed by atoms with Crippen molar-refractivity contribution in [3.63, 3.8) is 0 Å². The molecule has 4 unspecified atom stereocenters. The topological polar surface area (TPSA) is 26.3 Å². The molecule has 0 aromatic rings. The molecule has 0 spiro atoms. The van der Waals surface area contributed by atoms with Crippen molar-refractivity contribution in [1.29, 1.82) is 0 Å². The van der Waals surface area contributed by atoms with E-state index in [-0.39, 0.29) is 5.97 Å². The number of carbonyl (C=O) groups excluding carboxylic acids is 1. The maximum atomic E-state index is 11.0. The summed E-state index contributed by atoms with van der Waals surface area (Å²) in [6.45, 7) is 4.03. The number of esters is 1. The van der Waals surface area contributed by atoms with E-state index in [1.54, 1.807) is 6.92 Å². The van der Waals surface area contributed by atoms with Crippen LogP contribution in [0.3, 0.4) is 0 Å². The molecular weight excluding hydrogens is 176 g/mol. The van der Waals surface area contributed by atoms with E-state index in [0.717, 1.165) is 46.8 Å². The zero-order valence-corrected chi connectivity index (χ0v) is 8.44. The lowest BCUT2D eigenvalue weighted by Crippen LogP contribution is -2.87. The Balaban J connectivity index is 1.57. The minimum atomic E-state index is -0.0623. The molecule has 6 aliphatic carbocycles. The van der Waals surface area contributed by atoms with Gasteiger partial charge >= 0.3 is 5.97 Å². The zero-order valence-electron chi connectivity index (χ0n) is 8.44. The van der Waals surface area contributed by atoms with Crippen LogP contribution in [0, 0.1) is 46.8 Å². The number of carbonyl (C=O) groups is 1. The summed E-state index contributed by atoms with van der Waals surface area (Å²) in [7, 11) is 0. The first kappa shape index (κ1) is 6.86. The molecule has 6 saturated carbocycles. The van der Waals surface area contributed by atoms with E-state index >= 15 is 0 Å². The van der Waals surface area contributed by atoms with E-state index in [0.29, 0.717) is 6.10 Å². The van der Waals surface area contributed by atoms with Gasteiger partial charge in [-0.25, -0.2) is 0 Å². The van der Waals surface area contributed by atoms with Gasteiger partial charge in [-0.3, -0.25) is 4.79 Å². The van der Waals surface area contributed by atoms with Crippen LogP contribution >= 0.6 is 0 Å². The van der Waals surface area contributed by atoms with Crippen LogP contribution in [0.15, 0.2) is 0 Å². The average molecular weight is 190 g/mol. The molecule has 0 N–H and O–H groups in total. The summed E-state index contributed by atoms with van der Waals surface area (Å²) in [5.74, 6) is 6.44. The molecule has 0 radical (unpaired) electrons. The molecule has 0 amide bonds. The van der Waals surface area contributed by atoms with E-state index in [9.17, 15) is 4.79 Å². The third-order valence-corrected chi connectivity index (χ3v) is 6.59. The first-order valence-corrected chi connectivity index (χ1v) is 5.84. The van der Waals surface area contributed by atoms with Gasteiger partial charge < -0.3 is 4.74 Å². The van der Waals surface area contributed by atoms with Gasteiger partial charge in [-0.1, -0.05) is 6.92 Å². The largest absolute Gasteiger partial charge is 0.462 e. The first-order chi connectivity index (χ1) is 6.67. The first-order valence-electron chi connectivity index (χ1n) is 5.84. The second-order valence-corrected chi connectivity index (χ2v) is 6.33. The Morgan fingerprint density at radius 1 is 1.07 bits per heavy atom. The van der Waals surface area contributed by atoms with Crippen LogP contribution in [0.2, 0.25) is 0 Å². The normalized spacial score (nSPS) is 77.9. The standard InChI is InChI=1S/C12H14O2/c1-3(13)14-11-4-5-8-6(4)10-7(11)9(5)12(8,10)2/h4-11H,1-2H3/t4?,5-,6-,7?,8?,9-,10+,11+,12?/m0/s1. The van der Waals surface area contributed by atoms with Crippen molar-refractivity contribution >= 4 is 5.97 Å². The van der Waals surface area contributed by atoms with Crippen LogP contribution in [-0.4, -0.2) is 12.1 Å². The van der Waals surface area contributed by atoms with Crippen LogP contribution in [0.1, 0.15) is 13.8 Å². The minimum absolute atomic E-state index is 0.0623. The monoisotopic (exact) mass is 190 g/mol. The Hall–Kier alpha value is -0.530. The molecule has 2 heteroatoms. The van der Waals surface area contributed by atoms with Crippen molar-refractivity contribution in [2.24, 2.45) is 46.8 Å². The van der Waals surface area contributed by atoms with Crippen molar-refractivity contribution in [3.8, 4) is 0 Å². The summed E-state index contributed by atoms with van der Waals surface area (Å²) in [5, 5.41) is 0. The van der Waals surface area contributed by atoms with Gasteiger partial charge in [0.25, 0.3) is 0 Å². The van der Waals surface area contributed by atoms with Crippen molar-refractivity contribution in [3.05, 3.63) is 0 Å². The van der Waals surface area contributed by atoms with Crippen LogP contribution in [0.25, 0.3) is 0 Å². The molecule has 0 aromatic carbocycles. The Labute approximate surface area is 83.0 Å². The van der Waals surface area contributed by atoms with Gasteiger partial charge in [-0.2, -0.15) is 0 Å². The third kappa shape index (κ3) is 0.333. The summed E-state index contributed by atoms with van der Waals surface area (Å²) in [6, 6.07) is 0. The van der Waals surface area contributed by atoms with Crippen LogP contribution in [0.4, 0.5) is 0 Å². The van der Waals surface area contributed by atoms with E-state index in [1.807, 2.05) is 0 Å². The quantitative estimate of drug-likeness (QED) is 0.583. The highest BCUT2D eigenvalue weighted by Gasteiger charge is 2.99. The molecule has 0 saturated heterocycles. The van der Waals surface area contributed by atoms with Gasteiger partial charge in [-0.05, 0) is 35.0 Å². The zero-order chi connectivity index (χ0) is 9.40. The lowest BCUT2D eigenvalue weighted by molar-refractivity contribution is -0.440. The second-order valence-electron chi connectivity index (χ2n) is 6.33. The highest BCUT2D eigenvalue weighted by atomic mass is 16.5. The molecule has 9 atom stereocenters. The lowest BCUT2D eigenvalue weighted by atomic mass is 9.14. The fourth-order valence-electron chi connectivity index (χ4n) is 6.76. The molecule has 2 nitrogen and oxygen atoms in total.